The normalized spacial score (nSPS) is 19.8. The number of hydrogen-bond acceptors (Lipinski definition) is 4. The molecule has 1 rings (SSSR count). The maximum absolute atomic E-state index is 13.2. The van der Waals surface area contributed by atoms with Crippen LogP contribution in [0, 0.1) is 5.41 Å². The van der Waals surface area contributed by atoms with Crippen LogP contribution in [-0.2, 0) is 9.53 Å². The Balaban J connectivity index is 2.66. The van der Waals surface area contributed by atoms with Gasteiger partial charge in [-0.2, -0.15) is 0 Å². The molecule has 0 amide bonds. The SMILES string of the molecule is CC1=C(/C=C/C(C)=C/C=C/C(C)=C/COC(=O)C(N)(CCCN)C(F)F)C(C)(C)CCC1. The Morgan fingerprint density at radius 2 is 1.94 bits per heavy atom. The van der Waals surface area contributed by atoms with Crippen LogP contribution in [0.3, 0.4) is 0 Å². The van der Waals surface area contributed by atoms with E-state index in [0.717, 1.165) is 17.6 Å². The third-order valence-electron chi connectivity index (χ3n) is 5.96. The fraction of sp³-hybridized carbons (Fsp3) is 0.577. The van der Waals surface area contributed by atoms with Gasteiger partial charge in [-0.3, -0.25) is 0 Å². The van der Waals surface area contributed by atoms with Crippen LogP contribution in [0.4, 0.5) is 8.78 Å². The molecule has 4 N–H and O–H groups in total. The Labute approximate surface area is 192 Å². The van der Waals surface area contributed by atoms with E-state index in [9.17, 15) is 13.6 Å². The number of hydrogen-bond donors (Lipinski definition) is 2. The molecule has 0 aromatic carbocycles. The van der Waals surface area contributed by atoms with Crippen LogP contribution in [0.2, 0.25) is 0 Å². The lowest BCUT2D eigenvalue weighted by Gasteiger charge is -2.32. The minimum absolute atomic E-state index is 0.117. The van der Waals surface area contributed by atoms with Gasteiger partial charge in [-0.15, -0.1) is 0 Å². The minimum Gasteiger partial charge on any atom is -0.460 e. The summed E-state index contributed by atoms with van der Waals surface area (Å²) in [5, 5.41) is 0. The second kappa shape index (κ2) is 12.9. The lowest BCUT2D eigenvalue weighted by Crippen LogP contribution is -2.55. The van der Waals surface area contributed by atoms with E-state index in [-0.39, 0.29) is 31.4 Å². The van der Waals surface area contributed by atoms with Crippen LogP contribution < -0.4 is 11.5 Å². The summed E-state index contributed by atoms with van der Waals surface area (Å²) < 4.78 is 31.4. The number of nitrogens with two attached hydrogens (primary N) is 2. The molecule has 0 heterocycles. The average molecular weight is 451 g/mol. The van der Waals surface area contributed by atoms with Crippen molar-refractivity contribution in [3.63, 3.8) is 0 Å². The van der Waals surface area contributed by atoms with E-state index < -0.39 is 17.9 Å². The van der Waals surface area contributed by atoms with Crippen LogP contribution in [0.5, 0.6) is 0 Å². The molecule has 0 fully saturated rings. The van der Waals surface area contributed by atoms with Gasteiger partial charge in [0.05, 0.1) is 0 Å². The van der Waals surface area contributed by atoms with Gasteiger partial charge in [-0.1, -0.05) is 60.9 Å². The van der Waals surface area contributed by atoms with Gasteiger partial charge in [-0.05, 0) is 76.5 Å². The first kappa shape index (κ1) is 28.0. The number of rotatable bonds is 11. The lowest BCUT2D eigenvalue weighted by molar-refractivity contribution is -0.155. The Morgan fingerprint density at radius 1 is 1.25 bits per heavy atom. The third kappa shape index (κ3) is 8.47. The maximum atomic E-state index is 13.2. The van der Waals surface area contributed by atoms with E-state index in [0.29, 0.717) is 0 Å². The predicted octanol–water partition coefficient (Wildman–Crippen LogP) is 5.76. The van der Waals surface area contributed by atoms with Gasteiger partial charge in [0, 0.05) is 0 Å². The fourth-order valence-corrected chi connectivity index (χ4v) is 3.78. The highest BCUT2D eigenvalue weighted by Gasteiger charge is 2.44. The van der Waals surface area contributed by atoms with E-state index >= 15 is 0 Å². The average Bonchev–Trinajstić information content (AvgIpc) is 2.70. The molecule has 0 radical (unpaired) electrons. The number of allylic oxidation sites excluding steroid dienone is 9. The first-order chi connectivity index (χ1) is 14.9. The Kier molecular flexibility index (Phi) is 11.2. The second-order valence-corrected chi connectivity index (χ2v) is 9.31. The minimum atomic E-state index is -3.01. The van der Waals surface area contributed by atoms with Gasteiger partial charge in [-0.25, -0.2) is 13.6 Å². The van der Waals surface area contributed by atoms with Gasteiger partial charge in [0.2, 0.25) is 0 Å². The molecule has 0 aliphatic heterocycles. The smallest absolute Gasteiger partial charge is 0.332 e. The number of carbonyl (C=O) groups excluding carboxylic acids is 1. The highest BCUT2D eigenvalue weighted by atomic mass is 19.3. The molecule has 180 valence electrons. The van der Waals surface area contributed by atoms with E-state index in [1.165, 1.54) is 24.0 Å². The highest BCUT2D eigenvalue weighted by Crippen LogP contribution is 2.40. The van der Waals surface area contributed by atoms with Gasteiger partial charge in [0.1, 0.15) is 6.61 Å². The number of ether oxygens (including phenoxy) is 1. The van der Waals surface area contributed by atoms with Crippen molar-refractivity contribution in [2.24, 2.45) is 16.9 Å². The van der Waals surface area contributed by atoms with Crippen molar-refractivity contribution in [2.45, 2.75) is 78.7 Å². The molecule has 1 unspecified atom stereocenters. The Morgan fingerprint density at radius 3 is 2.53 bits per heavy atom. The molecular formula is C26H40F2N2O2. The van der Waals surface area contributed by atoms with Crippen molar-refractivity contribution >= 4 is 5.97 Å². The van der Waals surface area contributed by atoms with Crippen molar-refractivity contribution in [1.82, 2.24) is 0 Å². The molecule has 32 heavy (non-hydrogen) atoms. The van der Waals surface area contributed by atoms with E-state index in [4.69, 9.17) is 16.2 Å². The molecule has 0 spiro atoms. The number of carbonyl (C=O) groups is 1. The molecular weight excluding hydrogens is 410 g/mol. The van der Waals surface area contributed by atoms with Gasteiger partial charge >= 0.3 is 5.97 Å². The molecule has 6 heteroatoms. The topological polar surface area (TPSA) is 78.3 Å². The molecule has 0 aromatic rings. The zero-order valence-corrected chi connectivity index (χ0v) is 20.2. The molecule has 4 nitrogen and oxygen atoms in total. The van der Waals surface area contributed by atoms with Gasteiger partial charge in [0.25, 0.3) is 6.43 Å². The quantitative estimate of drug-likeness (QED) is 0.310. The molecule has 0 saturated carbocycles. The van der Waals surface area contributed by atoms with E-state index in [2.05, 4.69) is 32.9 Å². The molecule has 0 aromatic heterocycles. The fourth-order valence-electron chi connectivity index (χ4n) is 3.78. The van der Waals surface area contributed by atoms with E-state index in [1.54, 1.807) is 6.08 Å². The number of esters is 1. The second-order valence-electron chi connectivity index (χ2n) is 9.31. The predicted molar refractivity (Wildman–Crippen MR) is 128 cm³/mol. The van der Waals surface area contributed by atoms with Crippen molar-refractivity contribution < 1.29 is 18.3 Å². The summed E-state index contributed by atoms with van der Waals surface area (Å²) in [4.78, 5) is 12.0. The zero-order chi connectivity index (χ0) is 24.4. The summed E-state index contributed by atoms with van der Waals surface area (Å²) in [6.07, 6.45) is 12.4. The molecule has 1 atom stereocenters. The van der Waals surface area contributed by atoms with Crippen LogP contribution in [0.25, 0.3) is 0 Å². The van der Waals surface area contributed by atoms with Crippen molar-refractivity contribution in [2.75, 3.05) is 13.2 Å². The summed E-state index contributed by atoms with van der Waals surface area (Å²) >= 11 is 0. The summed E-state index contributed by atoms with van der Waals surface area (Å²) in [6.45, 7) is 10.8. The van der Waals surface area contributed by atoms with Crippen LogP contribution in [0.15, 0.2) is 58.7 Å². The van der Waals surface area contributed by atoms with Crippen LogP contribution >= 0.6 is 0 Å². The summed E-state index contributed by atoms with van der Waals surface area (Å²) in [5.74, 6) is -1.11. The molecule has 1 aliphatic rings. The van der Waals surface area contributed by atoms with Crippen molar-refractivity contribution in [3.05, 3.63) is 58.7 Å². The lowest BCUT2D eigenvalue weighted by atomic mass is 9.72. The zero-order valence-electron chi connectivity index (χ0n) is 20.2. The summed E-state index contributed by atoms with van der Waals surface area (Å²) in [5.41, 5.74) is 13.7. The third-order valence-corrected chi connectivity index (χ3v) is 5.96. The summed E-state index contributed by atoms with van der Waals surface area (Å²) in [7, 11) is 0. The van der Waals surface area contributed by atoms with Crippen molar-refractivity contribution in [3.8, 4) is 0 Å². The maximum Gasteiger partial charge on any atom is 0.332 e. The molecule has 1 aliphatic carbocycles. The number of alkyl halides is 2. The van der Waals surface area contributed by atoms with Crippen LogP contribution in [-0.4, -0.2) is 31.1 Å². The Hall–Kier alpha value is -2.05. The largest absolute Gasteiger partial charge is 0.460 e. The summed E-state index contributed by atoms with van der Waals surface area (Å²) in [6, 6.07) is 0. The highest BCUT2D eigenvalue weighted by molar-refractivity contribution is 5.81. The van der Waals surface area contributed by atoms with Gasteiger partial charge < -0.3 is 16.2 Å². The van der Waals surface area contributed by atoms with Gasteiger partial charge in [0.15, 0.2) is 5.54 Å². The Bertz CT molecular complexity index is 792. The molecule has 0 bridgehead atoms. The first-order valence-corrected chi connectivity index (χ1v) is 11.3. The monoisotopic (exact) mass is 450 g/mol. The van der Waals surface area contributed by atoms with E-state index in [1.807, 2.05) is 32.1 Å². The molecule has 0 saturated heterocycles. The van der Waals surface area contributed by atoms with Crippen LogP contribution in [0.1, 0.15) is 66.7 Å². The first-order valence-electron chi connectivity index (χ1n) is 11.3. The van der Waals surface area contributed by atoms with Crippen molar-refractivity contribution in [1.29, 1.82) is 0 Å². The number of halogens is 2. The standard InChI is InChI=1S/C26H40F2N2O2/c1-19(12-13-22-21(3)11-7-15-25(22,4)5)9-6-10-20(2)14-18-32-24(31)26(30,23(27)28)16-8-17-29/h6,9-10,12-14,23H,7-8,11,15-18,29-30H2,1-5H3/b10-6+,13-12+,19-9+,20-14+.